The van der Waals surface area contributed by atoms with Crippen molar-refractivity contribution < 1.29 is 17.6 Å². The molecule has 1 fully saturated rings. The van der Waals surface area contributed by atoms with E-state index in [9.17, 15) is 17.6 Å². The molecule has 2 rings (SSSR count). The predicted octanol–water partition coefficient (Wildman–Crippen LogP) is 1.60. The van der Waals surface area contributed by atoms with Gasteiger partial charge in [0.15, 0.2) is 0 Å². The number of nitrogens with one attached hydrogen (secondary N) is 1. The lowest BCUT2D eigenvalue weighted by Crippen LogP contribution is -2.45. The molecular formula is C16H23FN2O3S2. The molecule has 0 radical (unpaired) electrons. The molecular weight excluding hydrogens is 351 g/mol. The van der Waals surface area contributed by atoms with E-state index in [-0.39, 0.29) is 12.3 Å². The monoisotopic (exact) mass is 374 g/mol. The van der Waals surface area contributed by atoms with Crippen LogP contribution in [-0.4, -0.2) is 55.5 Å². The highest BCUT2D eigenvalue weighted by atomic mass is 32.2. The molecule has 0 saturated carbocycles. The summed E-state index contributed by atoms with van der Waals surface area (Å²) in [5.74, 6) is 0.613. The van der Waals surface area contributed by atoms with E-state index in [1.54, 1.807) is 43.8 Å². The van der Waals surface area contributed by atoms with Gasteiger partial charge in [0.2, 0.25) is 15.9 Å². The van der Waals surface area contributed by atoms with Gasteiger partial charge in [-0.2, -0.15) is 11.8 Å². The number of carbonyl (C=O) groups excluding carboxylic acids is 1. The largest absolute Gasteiger partial charge is 0.354 e. The standard InChI is InChI=1S/C16H23FN2O3S2/c1-16(2,13-5-3-4-6-14(13)17)15(20)18-7-12-24(21,22)19-8-10-23-11-9-19/h3-6H,7-12H2,1-2H3,(H,18,20). The van der Waals surface area contributed by atoms with Crippen molar-refractivity contribution in [2.75, 3.05) is 36.9 Å². The summed E-state index contributed by atoms with van der Waals surface area (Å²) in [6, 6.07) is 6.11. The van der Waals surface area contributed by atoms with Gasteiger partial charge in [-0.05, 0) is 19.9 Å². The maximum absolute atomic E-state index is 13.9. The second-order valence-electron chi connectivity index (χ2n) is 6.19. The summed E-state index contributed by atoms with van der Waals surface area (Å²) in [5.41, 5.74) is -0.782. The van der Waals surface area contributed by atoms with Crippen LogP contribution in [0.4, 0.5) is 4.39 Å². The lowest BCUT2D eigenvalue weighted by molar-refractivity contribution is -0.125. The second-order valence-corrected chi connectivity index (χ2v) is 9.50. The highest BCUT2D eigenvalue weighted by Crippen LogP contribution is 2.25. The van der Waals surface area contributed by atoms with Crippen LogP contribution in [0.3, 0.4) is 0 Å². The minimum Gasteiger partial charge on any atom is -0.354 e. The average Bonchev–Trinajstić information content (AvgIpc) is 2.55. The second kappa shape index (κ2) is 7.84. The lowest BCUT2D eigenvalue weighted by atomic mass is 9.83. The van der Waals surface area contributed by atoms with Crippen LogP contribution in [0.15, 0.2) is 24.3 Å². The molecule has 0 aliphatic carbocycles. The van der Waals surface area contributed by atoms with Crippen molar-refractivity contribution in [1.29, 1.82) is 0 Å². The quantitative estimate of drug-likeness (QED) is 0.821. The molecule has 1 aliphatic heterocycles. The molecule has 24 heavy (non-hydrogen) atoms. The number of halogens is 1. The first-order valence-corrected chi connectivity index (χ1v) is 10.6. The van der Waals surface area contributed by atoms with Crippen LogP contribution >= 0.6 is 11.8 Å². The van der Waals surface area contributed by atoms with Gasteiger partial charge in [0.1, 0.15) is 5.82 Å². The number of nitrogens with zero attached hydrogens (tertiary/aromatic N) is 1. The van der Waals surface area contributed by atoms with Crippen molar-refractivity contribution in [3.05, 3.63) is 35.6 Å². The molecule has 0 atom stereocenters. The van der Waals surface area contributed by atoms with Crippen LogP contribution in [0, 0.1) is 5.82 Å². The fraction of sp³-hybridized carbons (Fsp3) is 0.562. The van der Waals surface area contributed by atoms with Crippen molar-refractivity contribution in [2.45, 2.75) is 19.3 Å². The first-order chi connectivity index (χ1) is 11.2. The zero-order chi connectivity index (χ0) is 17.8. The van der Waals surface area contributed by atoms with Gasteiger partial charge >= 0.3 is 0 Å². The molecule has 134 valence electrons. The summed E-state index contributed by atoms with van der Waals surface area (Å²) >= 11 is 1.73. The molecule has 1 aromatic rings. The van der Waals surface area contributed by atoms with E-state index >= 15 is 0 Å². The Bertz CT molecular complexity index is 686. The number of rotatable bonds is 6. The number of hydrogen-bond acceptors (Lipinski definition) is 4. The molecule has 0 aromatic heterocycles. The molecule has 0 bridgehead atoms. The van der Waals surface area contributed by atoms with Crippen LogP contribution < -0.4 is 5.32 Å². The van der Waals surface area contributed by atoms with E-state index in [0.29, 0.717) is 18.7 Å². The fourth-order valence-electron chi connectivity index (χ4n) is 2.56. The SMILES string of the molecule is CC(C)(C(=O)NCCS(=O)(=O)N1CCSCC1)c1ccccc1F. The lowest BCUT2D eigenvalue weighted by Gasteiger charge is -2.27. The van der Waals surface area contributed by atoms with Crippen molar-refractivity contribution in [3.63, 3.8) is 0 Å². The number of benzene rings is 1. The maximum Gasteiger partial charge on any atom is 0.230 e. The fourth-order valence-corrected chi connectivity index (χ4v) is 5.05. The van der Waals surface area contributed by atoms with Crippen molar-refractivity contribution in [1.82, 2.24) is 9.62 Å². The Kier molecular flexibility index (Phi) is 6.28. The van der Waals surface area contributed by atoms with E-state index in [1.807, 2.05) is 0 Å². The highest BCUT2D eigenvalue weighted by Gasteiger charge is 2.32. The minimum atomic E-state index is -3.37. The molecule has 1 heterocycles. The topological polar surface area (TPSA) is 66.5 Å². The average molecular weight is 375 g/mol. The summed E-state index contributed by atoms with van der Waals surface area (Å²) in [6.07, 6.45) is 0. The summed E-state index contributed by atoms with van der Waals surface area (Å²) in [5, 5.41) is 2.63. The van der Waals surface area contributed by atoms with E-state index in [0.717, 1.165) is 11.5 Å². The smallest absolute Gasteiger partial charge is 0.230 e. The summed E-state index contributed by atoms with van der Waals surface area (Å²) in [6.45, 7) is 4.29. The Balaban J connectivity index is 1.94. The van der Waals surface area contributed by atoms with Crippen LogP contribution in [0.1, 0.15) is 19.4 Å². The Morgan fingerprint density at radius 2 is 1.92 bits per heavy atom. The number of amides is 1. The van der Waals surface area contributed by atoms with E-state index in [4.69, 9.17) is 0 Å². The third-order valence-corrected chi connectivity index (χ3v) is 6.94. The Hall–Kier alpha value is -1.12. The molecule has 1 aliphatic rings. The van der Waals surface area contributed by atoms with Crippen molar-refractivity contribution in [2.24, 2.45) is 0 Å². The van der Waals surface area contributed by atoms with E-state index in [2.05, 4.69) is 5.32 Å². The van der Waals surface area contributed by atoms with E-state index < -0.39 is 27.2 Å². The molecule has 0 spiro atoms. The van der Waals surface area contributed by atoms with Crippen molar-refractivity contribution >= 4 is 27.7 Å². The number of carbonyl (C=O) groups is 1. The summed E-state index contributed by atoms with van der Waals surface area (Å²) in [4.78, 5) is 12.4. The molecule has 1 aromatic carbocycles. The first kappa shape index (κ1) is 19.2. The molecule has 0 unspecified atom stereocenters. The van der Waals surface area contributed by atoms with Gasteiger partial charge in [0.25, 0.3) is 0 Å². The third-order valence-electron chi connectivity index (χ3n) is 4.12. The van der Waals surface area contributed by atoms with Crippen LogP contribution in [0.25, 0.3) is 0 Å². The van der Waals surface area contributed by atoms with Gasteiger partial charge in [-0.3, -0.25) is 4.79 Å². The number of sulfonamides is 1. The Labute approximate surface area is 147 Å². The Morgan fingerprint density at radius 1 is 1.29 bits per heavy atom. The molecule has 1 amide bonds. The van der Waals surface area contributed by atoms with Crippen LogP contribution in [0.2, 0.25) is 0 Å². The first-order valence-electron chi connectivity index (χ1n) is 7.84. The van der Waals surface area contributed by atoms with Crippen LogP contribution in [0.5, 0.6) is 0 Å². The van der Waals surface area contributed by atoms with Crippen molar-refractivity contribution in [3.8, 4) is 0 Å². The van der Waals surface area contributed by atoms with Gasteiger partial charge in [0.05, 0.1) is 11.2 Å². The molecule has 8 heteroatoms. The Morgan fingerprint density at radius 3 is 2.54 bits per heavy atom. The third kappa shape index (κ3) is 4.49. The van der Waals surface area contributed by atoms with Gasteiger partial charge in [-0.1, -0.05) is 18.2 Å². The summed E-state index contributed by atoms with van der Waals surface area (Å²) in [7, 11) is -3.37. The molecule has 5 nitrogen and oxygen atoms in total. The van der Waals surface area contributed by atoms with Crippen LogP contribution in [-0.2, 0) is 20.2 Å². The van der Waals surface area contributed by atoms with Gasteiger partial charge in [-0.25, -0.2) is 17.1 Å². The zero-order valence-electron chi connectivity index (χ0n) is 13.9. The predicted molar refractivity (Wildman–Crippen MR) is 95.1 cm³/mol. The normalized spacial score (nSPS) is 16.8. The number of thioether (sulfide) groups is 1. The minimum absolute atomic E-state index is 0.0166. The number of hydrogen-bond donors (Lipinski definition) is 1. The highest BCUT2D eigenvalue weighted by molar-refractivity contribution is 7.99. The zero-order valence-corrected chi connectivity index (χ0v) is 15.6. The maximum atomic E-state index is 13.9. The molecule has 1 N–H and O–H groups in total. The van der Waals surface area contributed by atoms with Gasteiger partial charge in [0, 0.05) is 36.7 Å². The van der Waals surface area contributed by atoms with E-state index in [1.165, 1.54) is 10.4 Å². The van der Waals surface area contributed by atoms with Gasteiger partial charge in [-0.15, -0.1) is 0 Å². The van der Waals surface area contributed by atoms with Gasteiger partial charge < -0.3 is 5.32 Å². The molecule has 1 saturated heterocycles. The summed E-state index contributed by atoms with van der Waals surface area (Å²) < 4.78 is 39.9.